The number of carbonyl (C=O) groups excluding carboxylic acids is 1. The summed E-state index contributed by atoms with van der Waals surface area (Å²) in [5, 5.41) is 2.47. The largest absolute Gasteiger partial charge is 0.383 e. The van der Waals surface area contributed by atoms with E-state index in [-0.39, 0.29) is 22.3 Å². The molecule has 0 bridgehead atoms. The van der Waals surface area contributed by atoms with E-state index in [2.05, 4.69) is 5.32 Å². The van der Waals surface area contributed by atoms with Gasteiger partial charge in [0.05, 0.1) is 5.69 Å². The zero-order valence-electron chi connectivity index (χ0n) is 9.44. The first-order valence-electron chi connectivity index (χ1n) is 5.04. The minimum absolute atomic E-state index is 0.148. The van der Waals surface area contributed by atoms with Gasteiger partial charge in [0.15, 0.2) is 3.95 Å². The molecule has 0 aliphatic heterocycles. The summed E-state index contributed by atoms with van der Waals surface area (Å²) >= 11 is 6.18. The number of nitrogens with one attached hydrogen (secondary N) is 1. The zero-order valence-corrected chi connectivity index (χ0v) is 11.1. The minimum Gasteiger partial charge on any atom is -0.383 e. The number of amides is 1. The first-order valence-corrected chi connectivity index (χ1v) is 6.27. The molecule has 0 saturated carbocycles. The van der Waals surface area contributed by atoms with E-state index in [1.807, 2.05) is 0 Å². The van der Waals surface area contributed by atoms with Gasteiger partial charge in [-0.1, -0.05) is 23.5 Å². The Morgan fingerprint density at radius 2 is 2.17 bits per heavy atom. The van der Waals surface area contributed by atoms with Crippen LogP contribution in [0.25, 0.3) is 5.69 Å². The summed E-state index contributed by atoms with van der Waals surface area (Å²) in [4.78, 5) is 11.9. The molecule has 3 N–H and O–H groups in total. The first kappa shape index (κ1) is 12.7. The van der Waals surface area contributed by atoms with Crippen molar-refractivity contribution in [3.63, 3.8) is 0 Å². The van der Waals surface area contributed by atoms with Crippen LogP contribution in [0.5, 0.6) is 0 Å². The summed E-state index contributed by atoms with van der Waals surface area (Å²) in [6.45, 7) is 0. The third kappa shape index (κ3) is 2.02. The van der Waals surface area contributed by atoms with Gasteiger partial charge in [-0.15, -0.1) is 0 Å². The maximum Gasteiger partial charge on any atom is 0.264 e. The lowest BCUT2D eigenvalue weighted by molar-refractivity contribution is 0.0967. The van der Waals surface area contributed by atoms with Crippen molar-refractivity contribution in [1.29, 1.82) is 0 Å². The average molecular weight is 283 g/mol. The van der Waals surface area contributed by atoms with Crippen LogP contribution in [-0.4, -0.2) is 17.5 Å². The lowest BCUT2D eigenvalue weighted by atomic mass is 10.3. The smallest absolute Gasteiger partial charge is 0.264 e. The molecular formula is C11H10FN3OS2. The standard InChI is InChI=1S/C11H10FN3OS2/c1-14-10(16)8-9(13)15(11(17)18-8)7-5-3-2-4-6(7)12/h2-5H,13H2,1H3,(H,14,16). The summed E-state index contributed by atoms with van der Waals surface area (Å²) in [5.74, 6) is -0.630. The number of rotatable bonds is 2. The number of carbonyl (C=O) groups is 1. The van der Waals surface area contributed by atoms with Gasteiger partial charge in [-0.2, -0.15) is 0 Å². The van der Waals surface area contributed by atoms with Gasteiger partial charge in [-0.3, -0.25) is 9.36 Å². The fourth-order valence-electron chi connectivity index (χ4n) is 1.52. The molecule has 7 heteroatoms. The number of nitrogens with two attached hydrogens (primary N) is 1. The SMILES string of the molecule is CNC(=O)c1sc(=S)n(-c2ccccc2F)c1N. The highest BCUT2D eigenvalue weighted by molar-refractivity contribution is 7.73. The predicted octanol–water partition coefficient (Wildman–Crippen LogP) is 2.35. The summed E-state index contributed by atoms with van der Waals surface area (Å²) < 4.78 is 15.4. The molecule has 0 fully saturated rings. The van der Waals surface area contributed by atoms with Crippen LogP contribution in [0.4, 0.5) is 10.2 Å². The van der Waals surface area contributed by atoms with Crippen molar-refractivity contribution in [3.8, 4) is 5.69 Å². The average Bonchev–Trinajstić information content (AvgIpc) is 2.65. The summed E-state index contributed by atoms with van der Waals surface area (Å²) in [6, 6.07) is 6.12. The van der Waals surface area contributed by atoms with E-state index in [1.165, 1.54) is 17.7 Å². The van der Waals surface area contributed by atoms with Gasteiger partial charge >= 0.3 is 0 Å². The number of anilines is 1. The Bertz CT molecular complexity index is 663. The lowest BCUT2D eigenvalue weighted by Gasteiger charge is -2.06. The van der Waals surface area contributed by atoms with E-state index in [0.717, 1.165) is 11.3 Å². The van der Waals surface area contributed by atoms with Crippen LogP contribution < -0.4 is 11.1 Å². The van der Waals surface area contributed by atoms with Crippen LogP contribution in [0.15, 0.2) is 24.3 Å². The van der Waals surface area contributed by atoms with Gasteiger partial charge in [0.2, 0.25) is 0 Å². The Labute approximate surface area is 112 Å². The molecular weight excluding hydrogens is 273 g/mol. The van der Waals surface area contributed by atoms with Gasteiger partial charge in [-0.05, 0) is 24.4 Å². The van der Waals surface area contributed by atoms with E-state index >= 15 is 0 Å². The van der Waals surface area contributed by atoms with Gasteiger partial charge < -0.3 is 11.1 Å². The number of aromatic nitrogens is 1. The molecule has 2 aromatic rings. The van der Waals surface area contributed by atoms with E-state index in [9.17, 15) is 9.18 Å². The number of thiazole rings is 1. The second-order valence-electron chi connectivity index (χ2n) is 3.45. The molecule has 1 aromatic heterocycles. The maximum absolute atomic E-state index is 13.7. The van der Waals surface area contributed by atoms with Crippen molar-refractivity contribution in [2.45, 2.75) is 0 Å². The maximum atomic E-state index is 13.7. The highest BCUT2D eigenvalue weighted by Crippen LogP contribution is 2.27. The number of halogens is 1. The molecule has 0 atom stereocenters. The Morgan fingerprint density at radius 1 is 1.50 bits per heavy atom. The second-order valence-corrected chi connectivity index (χ2v) is 5.09. The van der Waals surface area contributed by atoms with E-state index in [4.69, 9.17) is 18.0 Å². The molecule has 18 heavy (non-hydrogen) atoms. The molecule has 0 spiro atoms. The lowest BCUT2D eigenvalue weighted by Crippen LogP contribution is -2.18. The normalized spacial score (nSPS) is 10.3. The molecule has 2 rings (SSSR count). The van der Waals surface area contributed by atoms with Crippen molar-refractivity contribution in [1.82, 2.24) is 9.88 Å². The molecule has 1 amide bonds. The van der Waals surface area contributed by atoms with Gasteiger partial charge in [0, 0.05) is 7.05 Å². The van der Waals surface area contributed by atoms with E-state index in [1.54, 1.807) is 18.2 Å². The van der Waals surface area contributed by atoms with Crippen molar-refractivity contribution in [3.05, 3.63) is 38.9 Å². The topological polar surface area (TPSA) is 60.0 Å². The summed E-state index contributed by atoms with van der Waals surface area (Å²) in [7, 11) is 1.50. The van der Waals surface area contributed by atoms with Crippen molar-refractivity contribution >= 4 is 35.3 Å². The van der Waals surface area contributed by atoms with Crippen LogP contribution in [0.2, 0.25) is 0 Å². The first-order chi connectivity index (χ1) is 8.56. The molecule has 4 nitrogen and oxygen atoms in total. The number of hydrogen-bond acceptors (Lipinski definition) is 4. The number of nitrogen functional groups attached to an aromatic ring is 1. The molecule has 0 aliphatic carbocycles. The van der Waals surface area contributed by atoms with Crippen LogP contribution in [0.3, 0.4) is 0 Å². The Balaban J connectivity index is 2.67. The van der Waals surface area contributed by atoms with Crippen LogP contribution >= 0.6 is 23.6 Å². The van der Waals surface area contributed by atoms with Crippen LogP contribution in [-0.2, 0) is 0 Å². The van der Waals surface area contributed by atoms with Gasteiger partial charge in [-0.25, -0.2) is 4.39 Å². The summed E-state index contributed by atoms with van der Waals surface area (Å²) in [5.41, 5.74) is 6.10. The number of hydrogen-bond donors (Lipinski definition) is 2. The van der Waals surface area contributed by atoms with Gasteiger partial charge in [0.1, 0.15) is 16.5 Å². The zero-order chi connectivity index (χ0) is 13.3. The second kappa shape index (κ2) is 4.87. The summed E-state index contributed by atoms with van der Waals surface area (Å²) in [6.07, 6.45) is 0. The van der Waals surface area contributed by atoms with Crippen molar-refractivity contribution < 1.29 is 9.18 Å². The molecule has 0 saturated heterocycles. The van der Waals surface area contributed by atoms with E-state index < -0.39 is 5.82 Å². The van der Waals surface area contributed by atoms with Crippen molar-refractivity contribution in [2.75, 3.05) is 12.8 Å². The molecule has 0 aliphatic rings. The van der Waals surface area contributed by atoms with E-state index in [0.29, 0.717) is 3.95 Å². The number of nitrogens with zero attached hydrogens (tertiary/aromatic N) is 1. The third-order valence-electron chi connectivity index (χ3n) is 2.37. The molecule has 0 unspecified atom stereocenters. The monoisotopic (exact) mass is 283 g/mol. The number of para-hydroxylation sites is 1. The Kier molecular flexibility index (Phi) is 3.44. The molecule has 1 heterocycles. The quantitative estimate of drug-likeness (QED) is 0.832. The van der Waals surface area contributed by atoms with Crippen molar-refractivity contribution in [2.24, 2.45) is 0 Å². The molecule has 0 radical (unpaired) electrons. The predicted molar refractivity (Wildman–Crippen MR) is 72.2 cm³/mol. The number of benzene rings is 1. The molecule has 94 valence electrons. The highest BCUT2D eigenvalue weighted by atomic mass is 32.1. The fraction of sp³-hybridized carbons (Fsp3) is 0.0909. The molecule has 1 aromatic carbocycles. The van der Waals surface area contributed by atoms with Gasteiger partial charge in [0.25, 0.3) is 5.91 Å². The Morgan fingerprint density at radius 3 is 2.78 bits per heavy atom. The van der Waals surface area contributed by atoms with Crippen LogP contribution in [0, 0.1) is 9.77 Å². The third-order valence-corrected chi connectivity index (χ3v) is 3.76. The Hall–Kier alpha value is -1.73. The van der Waals surface area contributed by atoms with Crippen LogP contribution in [0.1, 0.15) is 9.67 Å². The minimum atomic E-state index is -0.443. The fourth-order valence-corrected chi connectivity index (χ4v) is 2.82. The highest BCUT2D eigenvalue weighted by Gasteiger charge is 2.18.